The third-order valence-corrected chi connectivity index (χ3v) is 4.68. The average molecular weight is 266 g/mol. The normalized spacial score (nSPS) is 21.0. The van der Waals surface area contributed by atoms with Crippen LogP contribution >= 0.6 is 23.6 Å². The minimum Gasteiger partial charge on any atom is -0.348 e. The van der Waals surface area contributed by atoms with Crippen LogP contribution in [0.3, 0.4) is 0 Å². The maximum absolute atomic E-state index is 5.21. The van der Waals surface area contributed by atoms with Crippen molar-refractivity contribution in [2.45, 2.75) is 19.8 Å². The molecule has 3 rings (SSSR count). The molecule has 0 aromatic carbocycles. The molecule has 3 heterocycles. The quantitative estimate of drug-likeness (QED) is 0.806. The van der Waals surface area contributed by atoms with E-state index in [1.54, 1.807) is 17.7 Å². The summed E-state index contributed by atoms with van der Waals surface area (Å²) in [4.78, 5) is 14.1. The van der Waals surface area contributed by atoms with Gasteiger partial charge < -0.3 is 9.88 Å². The van der Waals surface area contributed by atoms with Gasteiger partial charge in [0.15, 0.2) is 10.8 Å². The average Bonchev–Trinajstić information content (AvgIpc) is 2.74. The van der Waals surface area contributed by atoms with E-state index < -0.39 is 0 Å². The Morgan fingerprint density at radius 3 is 3.24 bits per heavy atom. The number of hydrogen-bond acceptors (Lipinski definition) is 5. The van der Waals surface area contributed by atoms with E-state index in [9.17, 15) is 0 Å². The molecule has 1 fully saturated rings. The number of aromatic amines is 1. The van der Waals surface area contributed by atoms with Gasteiger partial charge in [0, 0.05) is 13.1 Å². The van der Waals surface area contributed by atoms with E-state index in [1.165, 1.54) is 12.8 Å². The Hall–Kier alpha value is -1.01. The smallest absolute Gasteiger partial charge is 0.188 e. The molecule has 0 radical (unpaired) electrons. The molecule has 6 heteroatoms. The summed E-state index contributed by atoms with van der Waals surface area (Å²) in [6.07, 6.45) is 4.19. The second kappa shape index (κ2) is 4.34. The summed E-state index contributed by atoms with van der Waals surface area (Å²) in [5.41, 5.74) is 0.864. The van der Waals surface area contributed by atoms with Crippen molar-refractivity contribution in [2.24, 2.45) is 5.92 Å². The van der Waals surface area contributed by atoms with Crippen molar-refractivity contribution in [1.29, 1.82) is 0 Å². The van der Waals surface area contributed by atoms with Gasteiger partial charge in [-0.05, 0) is 18.8 Å². The molecule has 17 heavy (non-hydrogen) atoms. The summed E-state index contributed by atoms with van der Waals surface area (Å²) >= 11 is 6.86. The minimum absolute atomic E-state index is 0.646. The largest absolute Gasteiger partial charge is 0.348 e. The van der Waals surface area contributed by atoms with Gasteiger partial charge in [0.05, 0.1) is 6.33 Å². The Labute approximate surface area is 109 Å². The lowest BCUT2D eigenvalue weighted by molar-refractivity contribution is 0.446. The number of rotatable bonds is 1. The fourth-order valence-electron chi connectivity index (χ4n) is 2.26. The zero-order chi connectivity index (χ0) is 11.8. The Bertz CT molecular complexity index is 588. The highest BCUT2D eigenvalue weighted by molar-refractivity contribution is 7.71. The molecule has 1 aliphatic rings. The molecule has 0 saturated carbocycles. The highest BCUT2D eigenvalue weighted by Gasteiger charge is 2.19. The van der Waals surface area contributed by atoms with Crippen molar-refractivity contribution in [3.63, 3.8) is 0 Å². The van der Waals surface area contributed by atoms with Gasteiger partial charge in [-0.25, -0.2) is 9.97 Å². The second-order valence-electron chi connectivity index (χ2n) is 4.58. The standard InChI is InChI=1S/C11H14N4S2/c1-7-3-2-4-15(5-7)11-14-9-8(17-11)10(16)13-6-12-9/h6-7H,2-5H2,1H3,(H,12,13,16). The number of thiazole rings is 1. The van der Waals surface area contributed by atoms with E-state index in [2.05, 4.69) is 26.8 Å². The summed E-state index contributed by atoms with van der Waals surface area (Å²) in [6.45, 7) is 4.50. The third kappa shape index (κ3) is 2.07. The molecule has 2 aromatic heterocycles. The number of hydrogen-bond donors (Lipinski definition) is 1. The fraction of sp³-hybridized carbons (Fsp3) is 0.545. The molecule has 4 nitrogen and oxygen atoms in total. The van der Waals surface area contributed by atoms with Crippen LogP contribution < -0.4 is 4.90 Å². The first-order valence-electron chi connectivity index (χ1n) is 5.83. The highest BCUT2D eigenvalue weighted by Crippen LogP contribution is 2.30. The lowest BCUT2D eigenvalue weighted by atomic mass is 10.0. The first-order chi connectivity index (χ1) is 8.24. The molecule has 0 bridgehead atoms. The molecule has 1 unspecified atom stereocenters. The molecule has 1 saturated heterocycles. The van der Waals surface area contributed by atoms with Gasteiger partial charge in [0.2, 0.25) is 0 Å². The second-order valence-corrected chi connectivity index (χ2v) is 5.94. The van der Waals surface area contributed by atoms with Crippen LogP contribution in [0.5, 0.6) is 0 Å². The topological polar surface area (TPSA) is 44.8 Å². The predicted octanol–water partition coefficient (Wildman–Crippen LogP) is 2.99. The summed E-state index contributed by atoms with van der Waals surface area (Å²) in [6, 6.07) is 0. The number of H-pyrrole nitrogens is 1. The molecule has 0 aliphatic carbocycles. The molecule has 2 aromatic rings. The van der Waals surface area contributed by atoms with Gasteiger partial charge in [-0.15, -0.1) is 0 Å². The Morgan fingerprint density at radius 2 is 2.47 bits per heavy atom. The summed E-state index contributed by atoms with van der Waals surface area (Å²) in [5, 5.41) is 1.07. The zero-order valence-corrected chi connectivity index (χ0v) is 11.3. The molecule has 0 spiro atoms. The van der Waals surface area contributed by atoms with Gasteiger partial charge in [-0.2, -0.15) is 0 Å². The third-order valence-electron chi connectivity index (χ3n) is 3.12. The molecule has 1 N–H and O–H groups in total. The van der Waals surface area contributed by atoms with E-state index >= 15 is 0 Å². The summed E-state index contributed by atoms with van der Waals surface area (Å²) < 4.78 is 1.64. The highest BCUT2D eigenvalue weighted by atomic mass is 32.1. The maximum Gasteiger partial charge on any atom is 0.188 e. The number of nitrogens with zero attached hydrogens (tertiary/aromatic N) is 3. The predicted molar refractivity (Wildman–Crippen MR) is 73.2 cm³/mol. The number of piperidine rings is 1. The number of fused-ring (bicyclic) bond motifs is 1. The van der Waals surface area contributed by atoms with Crippen LogP contribution in [0, 0.1) is 10.6 Å². The van der Waals surface area contributed by atoms with Gasteiger partial charge in [0.25, 0.3) is 0 Å². The molecular formula is C11H14N4S2. The van der Waals surface area contributed by atoms with Crippen molar-refractivity contribution in [3.05, 3.63) is 11.0 Å². The maximum atomic E-state index is 5.21. The lowest BCUT2D eigenvalue weighted by Gasteiger charge is -2.30. The molecular weight excluding hydrogens is 252 g/mol. The Kier molecular flexibility index (Phi) is 2.84. The molecule has 1 aliphatic heterocycles. The van der Waals surface area contributed by atoms with Gasteiger partial charge in [-0.3, -0.25) is 0 Å². The van der Waals surface area contributed by atoms with Crippen LogP contribution in [-0.4, -0.2) is 28.0 Å². The summed E-state index contributed by atoms with van der Waals surface area (Å²) in [7, 11) is 0. The van der Waals surface area contributed by atoms with E-state index in [-0.39, 0.29) is 0 Å². The van der Waals surface area contributed by atoms with Gasteiger partial charge in [0.1, 0.15) is 9.34 Å². The Balaban J connectivity index is 2.00. The van der Waals surface area contributed by atoms with Crippen LogP contribution in [0.25, 0.3) is 10.3 Å². The van der Waals surface area contributed by atoms with E-state index in [0.717, 1.165) is 34.5 Å². The fourth-order valence-corrected chi connectivity index (χ4v) is 3.49. The van der Waals surface area contributed by atoms with Crippen molar-refractivity contribution in [2.75, 3.05) is 18.0 Å². The molecule has 1 atom stereocenters. The summed E-state index contributed by atoms with van der Waals surface area (Å²) in [5.74, 6) is 0.751. The van der Waals surface area contributed by atoms with E-state index in [1.807, 2.05) is 0 Å². The lowest BCUT2D eigenvalue weighted by Crippen LogP contribution is -2.34. The number of nitrogens with one attached hydrogen (secondary N) is 1. The van der Waals surface area contributed by atoms with Crippen molar-refractivity contribution < 1.29 is 0 Å². The first kappa shape index (κ1) is 11.1. The molecule has 0 amide bonds. The van der Waals surface area contributed by atoms with Crippen LogP contribution in [-0.2, 0) is 0 Å². The van der Waals surface area contributed by atoms with Crippen molar-refractivity contribution >= 4 is 39.0 Å². The monoisotopic (exact) mass is 266 g/mol. The molecule has 90 valence electrons. The first-order valence-corrected chi connectivity index (χ1v) is 7.05. The van der Waals surface area contributed by atoms with E-state index in [4.69, 9.17) is 12.2 Å². The minimum atomic E-state index is 0.646. The Morgan fingerprint density at radius 1 is 1.59 bits per heavy atom. The SMILES string of the molecule is CC1CCCN(c2nc3[nH]cnc(=S)c3s2)C1. The van der Waals surface area contributed by atoms with E-state index in [0.29, 0.717) is 4.64 Å². The van der Waals surface area contributed by atoms with Crippen LogP contribution in [0.1, 0.15) is 19.8 Å². The number of aromatic nitrogens is 3. The van der Waals surface area contributed by atoms with Crippen LogP contribution in [0.15, 0.2) is 6.33 Å². The van der Waals surface area contributed by atoms with Crippen molar-refractivity contribution in [1.82, 2.24) is 15.0 Å². The van der Waals surface area contributed by atoms with Crippen molar-refractivity contribution in [3.8, 4) is 0 Å². The van der Waals surface area contributed by atoms with Crippen LogP contribution in [0.4, 0.5) is 5.13 Å². The van der Waals surface area contributed by atoms with Gasteiger partial charge in [-0.1, -0.05) is 30.5 Å². The number of anilines is 1. The zero-order valence-electron chi connectivity index (χ0n) is 9.64. The van der Waals surface area contributed by atoms with Crippen LogP contribution in [0.2, 0.25) is 0 Å². The van der Waals surface area contributed by atoms with Gasteiger partial charge >= 0.3 is 0 Å².